The summed E-state index contributed by atoms with van der Waals surface area (Å²) in [6.45, 7) is 2.30. The SMILES string of the molecule is CC1CCC(=NNc2nc(-c3ccc(Cl)c(Cl)c3)cs2)CC1. The van der Waals surface area contributed by atoms with E-state index in [4.69, 9.17) is 23.2 Å². The first-order chi connectivity index (χ1) is 10.6. The first-order valence-electron chi connectivity index (χ1n) is 7.34. The first kappa shape index (κ1) is 15.8. The second-order valence-electron chi connectivity index (χ2n) is 5.64. The van der Waals surface area contributed by atoms with Crippen LogP contribution in [0.2, 0.25) is 10.0 Å². The Bertz CT molecular complexity index is 686. The molecule has 3 nitrogen and oxygen atoms in total. The van der Waals surface area contributed by atoms with Gasteiger partial charge in [-0.05, 0) is 43.7 Å². The van der Waals surface area contributed by atoms with E-state index in [2.05, 4.69) is 22.4 Å². The zero-order valence-electron chi connectivity index (χ0n) is 12.3. The minimum Gasteiger partial charge on any atom is -0.253 e. The monoisotopic (exact) mass is 353 g/mol. The van der Waals surface area contributed by atoms with E-state index in [0.29, 0.717) is 10.0 Å². The van der Waals surface area contributed by atoms with Crippen molar-refractivity contribution in [2.45, 2.75) is 32.6 Å². The molecule has 1 fully saturated rings. The molecule has 0 unspecified atom stereocenters. The summed E-state index contributed by atoms with van der Waals surface area (Å²) >= 11 is 13.5. The minimum atomic E-state index is 0.540. The van der Waals surface area contributed by atoms with Gasteiger partial charge in [0.25, 0.3) is 0 Å². The summed E-state index contributed by atoms with van der Waals surface area (Å²) in [6.07, 6.45) is 4.62. The van der Waals surface area contributed by atoms with Gasteiger partial charge in [-0.25, -0.2) is 4.98 Å². The normalized spacial score (nSPS) is 18.3. The number of halogens is 2. The molecule has 22 heavy (non-hydrogen) atoms. The van der Waals surface area contributed by atoms with Crippen LogP contribution >= 0.6 is 34.5 Å². The van der Waals surface area contributed by atoms with Crippen molar-refractivity contribution >= 4 is 45.4 Å². The molecular weight excluding hydrogens is 337 g/mol. The maximum Gasteiger partial charge on any atom is 0.203 e. The number of anilines is 1. The first-order valence-corrected chi connectivity index (χ1v) is 8.98. The predicted octanol–water partition coefficient (Wildman–Crippen LogP) is 6.09. The highest BCUT2D eigenvalue weighted by molar-refractivity contribution is 7.14. The van der Waals surface area contributed by atoms with Crippen LogP contribution in [0.5, 0.6) is 0 Å². The van der Waals surface area contributed by atoms with Gasteiger partial charge >= 0.3 is 0 Å². The zero-order valence-corrected chi connectivity index (χ0v) is 14.6. The second kappa shape index (κ2) is 6.99. The molecule has 2 aromatic rings. The summed E-state index contributed by atoms with van der Waals surface area (Å²) < 4.78 is 0. The molecule has 0 spiro atoms. The molecule has 6 heteroatoms. The molecule has 1 saturated carbocycles. The smallest absolute Gasteiger partial charge is 0.203 e. The van der Waals surface area contributed by atoms with Crippen molar-refractivity contribution in [3.8, 4) is 11.3 Å². The number of rotatable bonds is 3. The van der Waals surface area contributed by atoms with E-state index >= 15 is 0 Å². The maximum atomic E-state index is 6.05. The number of nitrogens with zero attached hydrogens (tertiary/aromatic N) is 2. The van der Waals surface area contributed by atoms with Gasteiger partial charge in [-0.15, -0.1) is 11.3 Å². The third kappa shape index (κ3) is 3.80. The molecule has 3 rings (SSSR count). The molecule has 1 aromatic heterocycles. The number of aromatic nitrogens is 1. The standard InChI is InChI=1S/C16H17Cl2N3S/c1-10-2-5-12(6-3-10)20-21-16-19-15(9-22-16)11-4-7-13(17)14(18)8-11/h4,7-10H,2-3,5-6H2,1H3,(H,19,21). The summed E-state index contributed by atoms with van der Waals surface area (Å²) in [4.78, 5) is 4.55. The Hall–Kier alpha value is -1.10. The topological polar surface area (TPSA) is 37.3 Å². The van der Waals surface area contributed by atoms with Crippen LogP contribution in [-0.4, -0.2) is 10.7 Å². The van der Waals surface area contributed by atoms with Crippen molar-refractivity contribution in [1.82, 2.24) is 4.98 Å². The molecule has 0 radical (unpaired) electrons. The number of benzene rings is 1. The molecule has 1 N–H and O–H groups in total. The summed E-state index contributed by atoms with van der Waals surface area (Å²) in [5.74, 6) is 0.820. The summed E-state index contributed by atoms with van der Waals surface area (Å²) in [7, 11) is 0. The van der Waals surface area contributed by atoms with Crippen molar-refractivity contribution in [2.24, 2.45) is 11.0 Å². The third-order valence-corrected chi connectivity index (χ3v) is 5.37. The van der Waals surface area contributed by atoms with Crippen LogP contribution in [-0.2, 0) is 0 Å². The van der Waals surface area contributed by atoms with Gasteiger partial charge in [0, 0.05) is 16.7 Å². The maximum absolute atomic E-state index is 6.05. The predicted molar refractivity (Wildman–Crippen MR) is 96.3 cm³/mol. The van der Waals surface area contributed by atoms with E-state index in [1.54, 1.807) is 6.07 Å². The number of hydrogen-bond donors (Lipinski definition) is 1. The van der Waals surface area contributed by atoms with Crippen LogP contribution in [0.3, 0.4) is 0 Å². The van der Waals surface area contributed by atoms with Crippen molar-refractivity contribution < 1.29 is 0 Å². The Balaban J connectivity index is 1.68. The average Bonchev–Trinajstić information content (AvgIpc) is 2.98. The fourth-order valence-corrected chi connectivity index (χ4v) is 3.41. The largest absolute Gasteiger partial charge is 0.253 e. The highest BCUT2D eigenvalue weighted by atomic mass is 35.5. The van der Waals surface area contributed by atoms with E-state index in [0.717, 1.165) is 35.1 Å². The highest BCUT2D eigenvalue weighted by Gasteiger charge is 2.13. The molecule has 1 heterocycles. The quantitative estimate of drug-likeness (QED) is 0.677. The number of hydrazone groups is 1. The van der Waals surface area contributed by atoms with Gasteiger partial charge in [0.15, 0.2) is 0 Å². The molecule has 0 amide bonds. The molecule has 0 atom stereocenters. The molecule has 0 aliphatic heterocycles. The van der Waals surface area contributed by atoms with Gasteiger partial charge in [0.1, 0.15) is 0 Å². The van der Waals surface area contributed by atoms with Gasteiger partial charge < -0.3 is 0 Å². The molecule has 0 bridgehead atoms. The Morgan fingerprint density at radius 3 is 2.73 bits per heavy atom. The van der Waals surface area contributed by atoms with Crippen molar-refractivity contribution in [1.29, 1.82) is 0 Å². The zero-order chi connectivity index (χ0) is 15.5. The molecule has 1 aliphatic carbocycles. The van der Waals surface area contributed by atoms with Gasteiger partial charge in [-0.1, -0.05) is 36.2 Å². The van der Waals surface area contributed by atoms with Crippen LogP contribution in [0.25, 0.3) is 11.3 Å². The van der Waals surface area contributed by atoms with E-state index in [-0.39, 0.29) is 0 Å². The van der Waals surface area contributed by atoms with Crippen LogP contribution in [0.4, 0.5) is 5.13 Å². The molecule has 116 valence electrons. The van der Waals surface area contributed by atoms with Gasteiger partial charge in [0.2, 0.25) is 5.13 Å². The van der Waals surface area contributed by atoms with Crippen LogP contribution in [0, 0.1) is 5.92 Å². The minimum absolute atomic E-state index is 0.540. The Morgan fingerprint density at radius 1 is 1.23 bits per heavy atom. The van der Waals surface area contributed by atoms with E-state index < -0.39 is 0 Å². The van der Waals surface area contributed by atoms with Gasteiger partial charge in [-0.3, -0.25) is 5.43 Å². The van der Waals surface area contributed by atoms with Crippen molar-refractivity contribution in [2.75, 3.05) is 5.43 Å². The van der Waals surface area contributed by atoms with Crippen molar-refractivity contribution in [3.63, 3.8) is 0 Å². The van der Waals surface area contributed by atoms with Crippen molar-refractivity contribution in [3.05, 3.63) is 33.6 Å². The lowest BCUT2D eigenvalue weighted by molar-refractivity contribution is 0.483. The van der Waals surface area contributed by atoms with Crippen LogP contribution in [0.15, 0.2) is 28.7 Å². The molecule has 1 aliphatic rings. The number of thiazole rings is 1. The lowest BCUT2D eigenvalue weighted by Gasteiger charge is -2.18. The number of nitrogens with one attached hydrogen (secondary N) is 1. The van der Waals surface area contributed by atoms with Crippen LogP contribution < -0.4 is 5.43 Å². The molecular formula is C16H17Cl2N3S. The third-order valence-electron chi connectivity index (χ3n) is 3.88. The summed E-state index contributed by atoms with van der Waals surface area (Å²) in [5.41, 5.74) is 6.16. The van der Waals surface area contributed by atoms with E-state index in [9.17, 15) is 0 Å². The van der Waals surface area contributed by atoms with Crippen LogP contribution in [0.1, 0.15) is 32.6 Å². The second-order valence-corrected chi connectivity index (χ2v) is 7.31. The van der Waals surface area contributed by atoms with Gasteiger partial charge in [0.05, 0.1) is 15.7 Å². The molecule has 0 saturated heterocycles. The lowest BCUT2D eigenvalue weighted by atomic mass is 9.90. The lowest BCUT2D eigenvalue weighted by Crippen LogP contribution is -2.12. The van der Waals surface area contributed by atoms with Gasteiger partial charge in [-0.2, -0.15) is 5.10 Å². The van der Waals surface area contributed by atoms with E-state index in [1.165, 1.54) is 29.9 Å². The fraction of sp³-hybridized carbons (Fsp3) is 0.375. The Morgan fingerprint density at radius 2 is 2.00 bits per heavy atom. The Kier molecular flexibility index (Phi) is 5.01. The summed E-state index contributed by atoms with van der Waals surface area (Å²) in [6, 6.07) is 5.54. The average molecular weight is 354 g/mol. The highest BCUT2D eigenvalue weighted by Crippen LogP contribution is 2.30. The number of hydrogen-bond acceptors (Lipinski definition) is 4. The summed E-state index contributed by atoms with van der Waals surface area (Å²) in [5, 5.41) is 8.38. The fourth-order valence-electron chi connectivity index (χ4n) is 2.45. The Labute approximate surface area is 144 Å². The molecule has 1 aromatic carbocycles. The van der Waals surface area contributed by atoms with E-state index in [1.807, 2.05) is 17.5 Å².